The Kier molecular flexibility index (Phi) is 8.82. The van der Waals surface area contributed by atoms with Gasteiger partial charge in [0.2, 0.25) is 5.82 Å². The van der Waals surface area contributed by atoms with Gasteiger partial charge < -0.3 is 4.74 Å². The highest BCUT2D eigenvalue weighted by molar-refractivity contribution is 5.75. The largest absolute Gasteiger partial charge is 0.423 e. The minimum Gasteiger partial charge on any atom is -0.423 e. The number of rotatable bonds is 7. The van der Waals surface area contributed by atoms with Crippen LogP contribution in [-0.4, -0.2) is 5.97 Å². The van der Waals surface area contributed by atoms with Crippen molar-refractivity contribution in [3.63, 3.8) is 0 Å². The Bertz CT molecular complexity index is 856. The molecule has 4 unspecified atom stereocenters. The number of aryl methyl sites for hydroxylation is 1. The topological polar surface area (TPSA) is 26.3 Å². The molecule has 3 fully saturated rings. The Morgan fingerprint density at radius 2 is 1.56 bits per heavy atom. The number of esters is 1. The van der Waals surface area contributed by atoms with Gasteiger partial charge in [-0.2, -0.15) is 4.39 Å². The maximum Gasteiger partial charge on any atom is 0.314 e. The maximum absolute atomic E-state index is 14.5. The Morgan fingerprint density at radius 1 is 0.912 bits per heavy atom. The lowest BCUT2D eigenvalue weighted by molar-refractivity contribution is -0.140. The van der Waals surface area contributed by atoms with Crippen molar-refractivity contribution in [2.75, 3.05) is 0 Å². The Hall–Kier alpha value is -1.71. The molecule has 0 saturated heterocycles. The van der Waals surface area contributed by atoms with Gasteiger partial charge in [0.25, 0.3) is 0 Å². The molecule has 0 heterocycles. The number of benzene rings is 1. The van der Waals surface area contributed by atoms with Gasteiger partial charge in [-0.15, -0.1) is 0 Å². The summed E-state index contributed by atoms with van der Waals surface area (Å²) >= 11 is 0. The molecule has 2 nitrogen and oxygen atoms in total. The first-order valence-electron chi connectivity index (χ1n) is 13.8. The Balaban J connectivity index is 1.26. The van der Waals surface area contributed by atoms with Crippen molar-refractivity contribution in [1.82, 2.24) is 0 Å². The van der Waals surface area contributed by atoms with E-state index in [1.807, 2.05) is 19.1 Å². The third-order valence-electron chi connectivity index (χ3n) is 9.26. The van der Waals surface area contributed by atoms with E-state index in [0.29, 0.717) is 24.3 Å². The number of hydrogen-bond donors (Lipinski definition) is 0. The molecule has 3 saturated carbocycles. The molecule has 0 amide bonds. The van der Waals surface area contributed by atoms with E-state index in [1.165, 1.54) is 57.1 Å². The fourth-order valence-corrected chi connectivity index (χ4v) is 7.09. The minimum absolute atomic E-state index is 0.204. The Morgan fingerprint density at radius 3 is 2.26 bits per heavy atom. The van der Waals surface area contributed by atoms with E-state index in [9.17, 15) is 13.6 Å². The molecule has 1 aromatic rings. The van der Waals surface area contributed by atoms with Crippen LogP contribution < -0.4 is 4.74 Å². The number of fused-ring (bicyclic) bond motifs is 1. The van der Waals surface area contributed by atoms with Crippen LogP contribution in [0.4, 0.5) is 8.78 Å². The molecule has 3 aliphatic carbocycles. The van der Waals surface area contributed by atoms with Gasteiger partial charge in [0.1, 0.15) is 0 Å². The summed E-state index contributed by atoms with van der Waals surface area (Å²) in [5, 5.41) is 0. The molecule has 3 aliphatic rings. The van der Waals surface area contributed by atoms with E-state index >= 15 is 0 Å². The van der Waals surface area contributed by atoms with Gasteiger partial charge in [-0.25, -0.2) is 4.39 Å². The summed E-state index contributed by atoms with van der Waals surface area (Å²) in [4.78, 5) is 12.7. The van der Waals surface area contributed by atoms with Crippen LogP contribution in [0.5, 0.6) is 5.75 Å². The summed E-state index contributed by atoms with van der Waals surface area (Å²) in [6.07, 6.45) is 18.3. The highest BCUT2D eigenvalue weighted by atomic mass is 19.2. The molecule has 0 aliphatic heterocycles. The second-order valence-electron chi connectivity index (χ2n) is 11.2. The molecule has 4 atom stereocenters. The molecule has 4 rings (SSSR count). The number of hydrogen-bond acceptors (Lipinski definition) is 2. The first-order valence-corrected chi connectivity index (χ1v) is 13.8. The third-order valence-corrected chi connectivity index (χ3v) is 9.26. The molecular formula is C30H42F2O2. The molecule has 34 heavy (non-hydrogen) atoms. The van der Waals surface area contributed by atoms with Gasteiger partial charge in [0.15, 0.2) is 11.6 Å². The number of carbonyl (C=O) groups is 1. The average molecular weight is 473 g/mol. The molecule has 0 bridgehead atoms. The van der Waals surface area contributed by atoms with Crippen LogP contribution in [0.2, 0.25) is 0 Å². The van der Waals surface area contributed by atoms with Crippen LogP contribution in [0, 0.1) is 47.1 Å². The first kappa shape index (κ1) is 25.4. The predicted octanol–water partition coefficient (Wildman–Crippen LogP) is 8.43. The molecule has 0 spiro atoms. The Labute approximate surface area is 204 Å². The van der Waals surface area contributed by atoms with Gasteiger partial charge in [-0.1, -0.05) is 38.0 Å². The fourth-order valence-electron chi connectivity index (χ4n) is 7.09. The summed E-state index contributed by atoms with van der Waals surface area (Å²) in [6, 6.07) is 2.93. The second kappa shape index (κ2) is 11.8. The van der Waals surface area contributed by atoms with Gasteiger partial charge in [-0.3, -0.25) is 4.79 Å². The first-order chi connectivity index (χ1) is 16.5. The molecule has 0 aromatic heterocycles. The predicted molar refractivity (Wildman–Crippen MR) is 133 cm³/mol. The van der Waals surface area contributed by atoms with Crippen LogP contribution in [0.25, 0.3) is 0 Å². The van der Waals surface area contributed by atoms with Crippen molar-refractivity contribution in [2.24, 2.45) is 35.5 Å². The average Bonchev–Trinajstić information content (AvgIpc) is 2.87. The zero-order valence-electron chi connectivity index (χ0n) is 21.0. The van der Waals surface area contributed by atoms with Crippen molar-refractivity contribution in [2.45, 2.75) is 97.3 Å². The highest BCUT2D eigenvalue weighted by Crippen LogP contribution is 2.49. The lowest BCUT2D eigenvalue weighted by Gasteiger charge is -2.45. The zero-order valence-corrected chi connectivity index (χ0v) is 21.0. The van der Waals surface area contributed by atoms with Crippen molar-refractivity contribution in [3.05, 3.63) is 41.5 Å². The lowest BCUT2D eigenvalue weighted by atomic mass is 9.61. The summed E-state index contributed by atoms with van der Waals surface area (Å²) < 4.78 is 34.3. The van der Waals surface area contributed by atoms with E-state index in [4.69, 9.17) is 4.74 Å². The van der Waals surface area contributed by atoms with Crippen LogP contribution in [0.15, 0.2) is 24.3 Å². The van der Waals surface area contributed by atoms with Crippen LogP contribution >= 0.6 is 0 Å². The normalized spacial score (nSPS) is 31.9. The van der Waals surface area contributed by atoms with Crippen molar-refractivity contribution >= 4 is 5.97 Å². The van der Waals surface area contributed by atoms with Gasteiger partial charge in [-0.05, 0) is 119 Å². The SMILES string of the molecule is C/C=C/CCc1ccc(OC(=O)C2CCC(C3CCC4CC(CC)CCC4C3)CC2)c(F)c1F. The van der Waals surface area contributed by atoms with E-state index in [0.717, 1.165) is 49.4 Å². The van der Waals surface area contributed by atoms with E-state index in [1.54, 1.807) is 0 Å². The van der Waals surface area contributed by atoms with Crippen LogP contribution in [0.1, 0.15) is 96.5 Å². The third kappa shape index (κ3) is 5.91. The summed E-state index contributed by atoms with van der Waals surface area (Å²) in [5.74, 6) is 1.50. The quantitative estimate of drug-likeness (QED) is 0.226. The number of halogens is 2. The standard InChI is InChI=1S/C30H42F2O2/c1-3-5-6-7-22-16-17-27(29(32)28(22)31)34-30(33)23-12-10-21(11-13-23)25-15-14-24-18-20(4-2)8-9-26(24)19-25/h3,5,16-17,20-21,23-26H,4,6-15,18-19H2,1-2H3/b5-3+. The van der Waals surface area contributed by atoms with Gasteiger partial charge >= 0.3 is 5.97 Å². The fraction of sp³-hybridized carbons (Fsp3) is 0.700. The number of carbonyl (C=O) groups excluding carboxylic acids is 1. The van der Waals surface area contributed by atoms with Gasteiger partial charge in [0.05, 0.1) is 5.92 Å². The minimum atomic E-state index is -1.05. The molecular weight excluding hydrogens is 430 g/mol. The highest BCUT2D eigenvalue weighted by Gasteiger charge is 2.39. The zero-order chi connectivity index (χ0) is 24.1. The lowest BCUT2D eigenvalue weighted by Crippen LogP contribution is -2.35. The van der Waals surface area contributed by atoms with E-state index in [2.05, 4.69) is 6.92 Å². The summed E-state index contributed by atoms with van der Waals surface area (Å²) in [5.41, 5.74) is 0.314. The van der Waals surface area contributed by atoms with Crippen molar-refractivity contribution in [3.8, 4) is 5.75 Å². The van der Waals surface area contributed by atoms with E-state index in [-0.39, 0.29) is 11.7 Å². The van der Waals surface area contributed by atoms with Crippen LogP contribution in [-0.2, 0) is 11.2 Å². The number of allylic oxidation sites excluding steroid dienone is 2. The van der Waals surface area contributed by atoms with E-state index < -0.39 is 17.6 Å². The number of ether oxygens (including phenoxy) is 1. The van der Waals surface area contributed by atoms with Crippen molar-refractivity contribution in [1.29, 1.82) is 0 Å². The van der Waals surface area contributed by atoms with Gasteiger partial charge in [0, 0.05) is 0 Å². The second-order valence-corrected chi connectivity index (χ2v) is 11.2. The molecule has 188 valence electrons. The molecule has 0 radical (unpaired) electrons. The van der Waals surface area contributed by atoms with Crippen molar-refractivity contribution < 1.29 is 18.3 Å². The molecule has 1 aromatic carbocycles. The van der Waals surface area contributed by atoms with Crippen LogP contribution in [0.3, 0.4) is 0 Å². The smallest absolute Gasteiger partial charge is 0.314 e. The summed E-state index contributed by atoms with van der Waals surface area (Å²) in [6.45, 7) is 4.24. The monoisotopic (exact) mass is 472 g/mol. The molecule has 4 heteroatoms. The molecule has 0 N–H and O–H groups in total. The summed E-state index contributed by atoms with van der Waals surface area (Å²) in [7, 11) is 0. The maximum atomic E-state index is 14.5.